The summed E-state index contributed by atoms with van der Waals surface area (Å²) < 4.78 is 5.53. The molecule has 0 radical (unpaired) electrons. The van der Waals surface area contributed by atoms with E-state index < -0.39 is 0 Å². The van der Waals surface area contributed by atoms with Crippen molar-refractivity contribution in [1.29, 1.82) is 0 Å². The molecular formula is C19H23NO2. The molecule has 2 aromatic rings. The smallest absolute Gasteiger partial charge is 0.259 e. The summed E-state index contributed by atoms with van der Waals surface area (Å²) in [7, 11) is 0. The second-order valence-corrected chi connectivity index (χ2v) is 5.14. The lowest BCUT2D eigenvalue weighted by Gasteiger charge is -2.13. The Morgan fingerprint density at radius 3 is 2.55 bits per heavy atom. The number of carbonyl (C=O) groups is 1. The molecule has 0 bridgehead atoms. The topological polar surface area (TPSA) is 38.3 Å². The van der Waals surface area contributed by atoms with Crippen LogP contribution in [0.5, 0.6) is 5.75 Å². The van der Waals surface area contributed by atoms with E-state index in [4.69, 9.17) is 4.74 Å². The number of unbranched alkanes of at least 4 members (excludes halogenated alkanes) is 1. The Morgan fingerprint density at radius 1 is 1.05 bits per heavy atom. The maximum absolute atomic E-state index is 12.5. The third-order valence-electron chi connectivity index (χ3n) is 3.50. The van der Waals surface area contributed by atoms with Crippen molar-refractivity contribution in [2.24, 2.45) is 0 Å². The Balaban J connectivity index is 2.19. The maximum Gasteiger partial charge on any atom is 0.259 e. The van der Waals surface area contributed by atoms with Crippen LogP contribution < -0.4 is 10.1 Å². The molecule has 1 amide bonds. The molecule has 0 spiro atoms. The largest absolute Gasteiger partial charge is 0.493 e. The molecule has 0 saturated heterocycles. The molecule has 2 rings (SSSR count). The van der Waals surface area contributed by atoms with Crippen molar-refractivity contribution < 1.29 is 9.53 Å². The van der Waals surface area contributed by atoms with Gasteiger partial charge in [-0.1, -0.05) is 43.7 Å². The zero-order valence-corrected chi connectivity index (χ0v) is 13.3. The maximum atomic E-state index is 12.5. The predicted molar refractivity (Wildman–Crippen MR) is 90.6 cm³/mol. The number of carbonyl (C=O) groups excluding carboxylic acids is 1. The second-order valence-electron chi connectivity index (χ2n) is 5.14. The minimum absolute atomic E-state index is 0.131. The number of anilines is 1. The lowest BCUT2D eigenvalue weighted by Crippen LogP contribution is -2.14. The van der Waals surface area contributed by atoms with Crippen LogP contribution in [0.1, 0.15) is 42.6 Å². The summed E-state index contributed by atoms with van der Waals surface area (Å²) in [4.78, 5) is 12.5. The SMILES string of the molecule is CCCCc1ccccc1NC(=O)c1ccccc1OCC. The van der Waals surface area contributed by atoms with Gasteiger partial charge in [-0.3, -0.25) is 4.79 Å². The van der Waals surface area contributed by atoms with Gasteiger partial charge >= 0.3 is 0 Å². The zero-order chi connectivity index (χ0) is 15.8. The number of rotatable bonds is 7. The molecule has 0 aliphatic carbocycles. The van der Waals surface area contributed by atoms with Crippen molar-refractivity contribution in [1.82, 2.24) is 0 Å². The van der Waals surface area contributed by atoms with Crippen molar-refractivity contribution in [2.45, 2.75) is 33.1 Å². The van der Waals surface area contributed by atoms with Gasteiger partial charge in [-0.2, -0.15) is 0 Å². The van der Waals surface area contributed by atoms with Crippen LogP contribution in [0.15, 0.2) is 48.5 Å². The first-order valence-corrected chi connectivity index (χ1v) is 7.87. The molecule has 0 fully saturated rings. The molecule has 116 valence electrons. The van der Waals surface area contributed by atoms with Gasteiger partial charge < -0.3 is 10.1 Å². The molecule has 0 atom stereocenters. The average molecular weight is 297 g/mol. The molecule has 0 aliphatic heterocycles. The first-order chi connectivity index (χ1) is 10.8. The molecule has 3 heteroatoms. The molecule has 22 heavy (non-hydrogen) atoms. The first kappa shape index (κ1) is 16.1. The van der Waals surface area contributed by atoms with Crippen LogP contribution >= 0.6 is 0 Å². The number of benzene rings is 2. The van der Waals surface area contributed by atoms with Gasteiger partial charge in [0.2, 0.25) is 0 Å². The molecule has 0 aliphatic rings. The summed E-state index contributed by atoms with van der Waals surface area (Å²) in [5.41, 5.74) is 2.62. The fourth-order valence-electron chi connectivity index (χ4n) is 2.35. The third kappa shape index (κ3) is 4.10. The Labute approximate surface area is 132 Å². The summed E-state index contributed by atoms with van der Waals surface area (Å²) >= 11 is 0. The highest BCUT2D eigenvalue weighted by Crippen LogP contribution is 2.22. The summed E-state index contributed by atoms with van der Waals surface area (Å²) in [5, 5.41) is 3.02. The minimum atomic E-state index is -0.131. The number of hydrogen-bond donors (Lipinski definition) is 1. The summed E-state index contributed by atoms with van der Waals surface area (Å²) in [6.45, 7) is 4.62. The lowest BCUT2D eigenvalue weighted by atomic mass is 10.1. The molecule has 0 saturated carbocycles. The van der Waals surface area contributed by atoms with Gasteiger partial charge in [-0.05, 0) is 43.5 Å². The summed E-state index contributed by atoms with van der Waals surface area (Å²) in [6, 6.07) is 15.3. The van der Waals surface area contributed by atoms with Crippen molar-refractivity contribution in [2.75, 3.05) is 11.9 Å². The predicted octanol–water partition coefficient (Wildman–Crippen LogP) is 4.68. The van der Waals surface area contributed by atoms with E-state index in [0.29, 0.717) is 17.9 Å². The number of hydrogen-bond acceptors (Lipinski definition) is 2. The summed E-state index contributed by atoms with van der Waals surface area (Å²) in [5.74, 6) is 0.488. The number of nitrogens with one attached hydrogen (secondary N) is 1. The molecule has 3 nitrogen and oxygen atoms in total. The van der Waals surface area contributed by atoms with E-state index in [2.05, 4.69) is 18.3 Å². The fourth-order valence-corrected chi connectivity index (χ4v) is 2.35. The van der Waals surface area contributed by atoms with E-state index in [9.17, 15) is 4.79 Å². The quantitative estimate of drug-likeness (QED) is 0.805. The molecule has 0 heterocycles. The van der Waals surface area contributed by atoms with E-state index in [1.54, 1.807) is 6.07 Å². The first-order valence-electron chi connectivity index (χ1n) is 7.87. The highest BCUT2D eigenvalue weighted by molar-refractivity contribution is 6.06. The molecular weight excluding hydrogens is 274 g/mol. The van der Waals surface area contributed by atoms with Crippen molar-refractivity contribution in [3.63, 3.8) is 0 Å². The van der Waals surface area contributed by atoms with E-state index in [1.165, 1.54) is 5.56 Å². The average Bonchev–Trinajstić information content (AvgIpc) is 2.55. The van der Waals surface area contributed by atoms with Crippen LogP contribution in [0.3, 0.4) is 0 Å². The molecule has 0 aromatic heterocycles. The van der Waals surface area contributed by atoms with Gasteiger partial charge in [0, 0.05) is 5.69 Å². The van der Waals surface area contributed by atoms with Gasteiger partial charge in [0.05, 0.1) is 12.2 Å². The van der Waals surface area contributed by atoms with Gasteiger partial charge in [-0.15, -0.1) is 0 Å². The van der Waals surface area contributed by atoms with E-state index in [0.717, 1.165) is 24.9 Å². The Kier molecular flexibility index (Phi) is 6.01. The Bertz CT molecular complexity index is 622. The Hall–Kier alpha value is -2.29. The zero-order valence-electron chi connectivity index (χ0n) is 13.3. The van der Waals surface area contributed by atoms with Crippen LogP contribution in [-0.4, -0.2) is 12.5 Å². The van der Waals surface area contributed by atoms with Crippen LogP contribution in [0.25, 0.3) is 0 Å². The van der Waals surface area contributed by atoms with E-state index >= 15 is 0 Å². The highest BCUT2D eigenvalue weighted by Gasteiger charge is 2.13. The monoisotopic (exact) mass is 297 g/mol. The van der Waals surface area contributed by atoms with Crippen molar-refractivity contribution >= 4 is 11.6 Å². The van der Waals surface area contributed by atoms with Crippen LogP contribution in [0.2, 0.25) is 0 Å². The number of aryl methyl sites for hydroxylation is 1. The Morgan fingerprint density at radius 2 is 1.77 bits per heavy atom. The van der Waals surface area contributed by atoms with Crippen LogP contribution in [0, 0.1) is 0 Å². The second kappa shape index (κ2) is 8.23. The molecule has 1 N–H and O–H groups in total. The van der Waals surface area contributed by atoms with Gasteiger partial charge in [-0.25, -0.2) is 0 Å². The summed E-state index contributed by atoms with van der Waals surface area (Å²) in [6.07, 6.45) is 3.22. The fraction of sp³-hybridized carbons (Fsp3) is 0.316. The third-order valence-corrected chi connectivity index (χ3v) is 3.50. The van der Waals surface area contributed by atoms with E-state index in [-0.39, 0.29) is 5.91 Å². The number of amides is 1. The minimum Gasteiger partial charge on any atom is -0.493 e. The normalized spacial score (nSPS) is 10.3. The molecule has 2 aromatic carbocycles. The van der Waals surface area contributed by atoms with Crippen molar-refractivity contribution in [3.05, 3.63) is 59.7 Å². The van der Waals surface area contributed by atoms with E-state index in [1.807, 2.05) is 43.3 Å². The lowest BCUT2D eigenvalue weighted by molar-refractivity contribution is 0.102. The van der Waals surface area contributed by atoms with Crippen molar-refractivity contribution in [3.8, 4) is 5.75 Å². The number of para-hydroxylation sites is 2. The van der Waals surface area contributed by atoms with Crippen LogP contribution in [0.4, 0.5) is 5.69 Å². The van der Waals surface area contributed by atoms with Gasteiger partial charge in [0.1, 0.15) is 5.75 Å². The molecule has 0 unspecified atom stereocenters. The standard InChI is InChI=1S/C19H23NO2/c1-3-5-10-15-11-6-8-13-17(15)20-19(21)16-12-7-9-14-18(16)22-4-2/h6-9,11-14H,3-5,10H2,1-2H3,(H,20,21). The highest BCUT2D eigenvalue weighted by atomic mass is 16.5. The number of ether oxygens (including phenoxy) is 1. The van der Waals surface area contributed by atoms with Gasteiger partial charge in [0.15, 0.2) is 0 Å². The van der Waals surface area contributed by atoms with Gasteiger partial charge in [0.25, 0.3) is 5.91 Å². The van der Waals surface area contributed by atoms with Crippen LogP contribution in [-0.2, 0) is 6.42 Å².